The van der Waals surface area contributed by atoms with Gasteiger partial charge in [0.1, 0.15) is 5.75 Å². The minimum Gasteiger partial charge on any atom is -0.506 e. The summed E-state index contributed by atoms with van der Waals surface area (Å²) in [6.45, 7) is 2.83. The Kier molecular flexibility index (Phi) is 6.43. The lowest BCUT2D eigenvalue weighted by Gasteiger charge is -2.34. The highest BCUT2D eigenvalue weighted by Gasteiger charge is 2.30. The standard InChI is InChI=1S/C21H23F2N3O3/c1-13(20(28)24-15-6-7-16(22)17(23)12-15)26-10-8-14(9-11-26)21(29)25-18-4-2-3-5-19(18)27/h2-7,12-14,27H,8-11H2,1H3,(H,24,28)(H,25,29)/t13-/m1/s1. The minimum atomic E-state index is -1.02. The van der Waals surface area contributed by atoms with Gasteiger partial charge in [-0.15, -0.1) is 0 Å². The van der Waals surface area contributed by atoms with Gasteiger partial charge in [-0.2, -0.15) is 0 Å². The summed E-state index contributed by atoms with van der Waals surface area (Å²) < 4.78 is 26.3. The Morgan fingerprint density at radius 2 is 1.76 bits per heavy atom. The summed E-state index contributed by atoms with van der Waals surface area (Å²) in [6.07, 6.45) is 1.14. The normalized spacial score (nSPS) is 16.2. The maximum absolute atomic E-state index is 13.3. The minimum absolute atomic E-state index is 0.0146. The number of carbonyl (C=O) groups excluding carboxylic acids is 2. The Balaban J connectivity index is 1.51. The summed E-state index contributed by atoms with van der Waals surface area (Å²) in [7, 11) is 0. The molecule has 29 heavy (non-hydrogen) atoms. The van der Waals surface area contributed by atoms with Crippen LogP contribution in [0.3, 0.4) is 0 Å². The van der Waals surface area contributed by atoms with Crippen molar-refractivity contribution in [1.82, 2.24) is 4.90 Å². The second-order valence-corrected chi connectivity index (χ2v) is 7.11. The third-order valence-corrected chi connectivity index (χ3v) is 5.18. The van der Waals surface area contributed by atoms with Crippen molar-refractivity contribution < 1.29 is 23.5 Å². The number of para-hydroxylation sites is 2. The number of anilines is 2. The highest BCUT2D eigenvalue weighted by atomic mass is 19.2. The van der Waals surface area contributed by atoms with Crippen LogP contribution in [0.1, 0.15) is 19.8 Å². The van der Waals surface area contributed by atoms with Gasteiger partial charge in [0.05, 0.1) is 11.7 Å². The molecular weight excluding hydrogens is 380 g/mol. The lowest BCUT2D eigenvalue weighted by Crippen LogP contribution is -2.47. The highest BCUT2D eigenvalue weighted by molar-refractivity contribution is 5.95. The first-order valence-electron chi connectivity index (χ1n) is 9.44. The maximum Gasteiger partial charge on any atom is 0.241 e. The Morgan fingerprint density at radius 3 is 2.41 bits per heavy atom. The fraction of sp³-hybridized carbons (Fsp3) is 0.333. The SMILES string of the molecule is C[C@H](C(=O)Nc1ccc(F)c(F)c1)N1CCC(C(=O)Nc2ccccc2O)CC1. The Hall–Kier alpha value is -3.00. The van der Waals surface area contributed by atoms with E-state index in [1.54, 1.807) is 25.1 Å². The number of piperidine rings is 1. The van der Waals surface area contributed by atoms with Gasteiger partial charge in [-0.25, -0.2) is 8.78 Å². The van der Waals surface area contributed by atoms with E-state index < -0.39 is 17.7 Å². The van der Waals surface area contributed by atoms with Crippen molar-refractivity contribution in [3.05, 3.63) is 54.1 Å². The van der Waals surface area contributed by atoms with Crippen molar-refractivity contribution in [3.63, 3.8) is 0 Å². The average Bonchev–Trinajstić information content (AvgIpc) is 2.72. The monoisotopic (exact) mass is 403 g/mol. The van der Waals surface area contributed by atoms with Crippen molar-refractivity contribution in [2.45, 2.75) is 25.8 Å². The van der Waals surface area contributed by atoms with E-state index in [-0.39, 0.29) is 29.2 Å². The van der Waals surface area contributed by atoms with Gasteiger partial charge in [0.25, 0.3) is 0 Å². The summed E-state index contributed by atoms with van der Waals surface area (Å²) in [4.78, 5) is 26.8. The molecule has 0 unspecified atom stereocenters. The van der Waals surface area contributed by atoms with Crippen LogP contribution < -0.4 is 10.6 Å². The largest absolute Gasteiger partial charge is 0.506 e. The van der Waals surface area contributed by atoms with E-state index in [2.05, 4.69) is 10.6 Å². The number of amides is 2. The van der Waals surface area contributed by atoms with E-state index in [1.807, 2.05) is 4.90 Å². The fourth-order valence-corrected chi connectivity index (χ4v) is 3.35. The maximum atomic E-state index is 13.3. The number of hydrogen-bond acceptors (Lipinski definition) is 4. The molecule has 1 heterocycles. The molecular formula is C21H23F2N3O3. The highest BCUT2D eigenvalue weighted by Crippen LogP contribution is 2.25. The van der Waals surface area contributed by atoms with E-state index in [1.165, 1.54) is 12.1 Å². The number of aromatic hydroxyl groups is 1. The third-order valence-electron chi connectivity index (χ3n) is 5.18. The van der Waals surface area contributed by atoms with Crippen LogP contribution in [0.5, 0.6) is 5.75 Å². The first kappa shape index (κ1) is 20.7. The number of rotatable bonds is 5. The predicted molar refractivity (Wildman–Crippen MR) is 105 cm³/mol. The second kappa shape index (κ2) is 9.00. The Bertz CT molecular complexity index is 898. The van der Waals surface area contributed by atoms with E-state index >= 15 is 0 Å². The van der Waals surface area contributed by atoms with Gasteiger partial charge < -0.3 is 15.7 Å². The lowest BCUT2D eigenvalue weighted by molar-refractivity contribution is -0.123. The van der Waals surface area contributed by atoms with Crippen molar-refractivity contribution in [1.29, 1.82) is 0 Å². The number of phenolic OH excluding ortho intramolecular Hbond substituents is 1. The number of hydrogen-bond donors (Lipinski definition) is 3. The predicted octanol–water partition coefficient (Wildman–Crippen LogP) is 3.35. The van der Waals surface area contributed by atoms with E-state index in [0.717, 1.165) is 12.1 Å². The third kappa shape index (κ3) is 5.08. The van der Waals surface area contributed by atoms with Crippen LogP contribution in [0, 0.1) is 17.6 Å². The number of carbonyl (C=O) groups is 2. The summed E-state index contributed by atoms with van der Waals surface area (Å²) in [5.74, 6) is -2.68. The van der Waals surface area contributed by atoms with Gasteiger partial charge in [-0.05, 0) is 57.1 Å². The number of halogens is 2. The lowest BCUT2D eigenvalue weighted by atomic mass is 9.94. The molecule has 1 atom stereocenters. The molecule has 154 valence electrons. The molecule has 1 aliphatic heterocycles. The molecule has 0 radical (unpaired) electrons. The fourth-order valence-electron chi connectivity index (χ4n) is 3.35. The topological polar surface area (TPSA) is 81.7 Å². The van der Waals surface area contributed by atoms with Crippen LogP contribution >= 0.6 is 0 Å². The molecule has 2 amide bonds. The van der Waals surface area contributed by atoms with Gasteiger partial charge in [-0.3, -0.25) is 14.5 Å². The molecule has 8 heteroatoms. The molecule has 0 saturated carbocycles. The van der Waals surface area contributed by atoms with E-state index in [0.29, 0.717) is 31.6 Å². The van der Waals surface area contributed by atoms with Crippen molar-refractivity contribution in [2.24, 2.45) is 5.92 Å². The Morgan fingerprint density at radius 1 is 1.07 bits per heavy atom. The van der Waals surface area contributed by atoms with Gasteiger partial charge in [-0.1, -0.05) is 12.1 Å². The van der Waals surface area contributed by atoms with Crippen molar-refractivity contribution in [3.8, 4) is 5.75 Å². The number of phenols is 1. The quantitative estimate of drug-likeness (QED) is 0.669. The second-order valence-electron chi connectivity index (χ2n) is 7.11. The molecule has 6 nitrogen and oxygen atoms in total. The molecule has 3 rings (SSSR count). The van der Waals surface area contributed by atoms with Crippen LogP contribution in [0.15, 0.2) is 42.5 Å². The average molecular weight is 403 g/mol. The molecule has 3 N–H and O–H groups in total. The summed E-state index contributed by atoms with van der Waals surface area (Å²) in [5, 5.41) is 15.1. The van der Waals surface area contributed by atoms with Crippen LogP contribution in [0.4, 0.5) is 20.2 Å². The molecule has 0 spiro atoms. The van der Waals surface area contributed by atoms with Gasteiger partial charge >= 0.3 is 0 Å². The number of nitrogens with one attached hydrogen (secondary N) is 2. The smallest absolute Gasteiger partial charge is 0.241 e. The molecule has 0 aromatic heterocycles. The Labute approximate surface area is 167 Å². The van der Waals surface area contributed by atoms with Crippen molar-refractivity contribution in [2.75, 3.05) is 23.7 Å². The summed E-state index contributed by atoms with van der Waals surface area (Å²) in [5.41, 5.74) is 0.567. The zero-order valence-corrected chi connectivity index (χ0v) is 16.0. The van der Waals surface area contributed by atoms with E-state index in [9.17, 15) is 23.5 Å². The molecule has 0 bridgehead atoms. The zero-order chi connectivity index (χ0) is 21.0. The molecule has 1 fully saturated rings. The van der Waals surface area contributed by atoms with Crippen LogP contribution in [0.25, 0.3) is 0 Å². The van der Waals surface area contributed by atoms with Gasteiger partial charge in [0, 0.05) is 17.7 Å². The van der Waals surface area contributed by atoms with Crippen LogP contribution in [0.2, 0.25) is 0 Å². The van der Waals surface area contributed by atoms with Crippen LogP contribution in [-0.4, -0.2) is 41.0 Å². The molecule has 1 aliphatic rings. The molecule has 1 saturated heterocycles. The molecule has 2 aromatic carbocycles. The number of nitrogens with zero attached hydrogens (tertiary/aromatic N) is 1. The zero-order valence-electron chi connectivity index (χ0n) is 16.0. The first-order valence-corrected chi connectivity index (χ1v) is 9.44. The summed E-state index contributed by atoms with van der Waals surface area (Å²) in [6, 6.07) is 9.27. The number of likely N-dealkylation sites (tertiary alicyclic amines) is 1. The van der Waals surface area contributed by atoms with Crippen LogP contribution in [-0.2, 0) is 9.59 Å². The number of benzene rings is 2. The van der Waals surface area contributed by atoms with E-state index in [4.69, 9.17) is 0 Å². The van der Waals surface area contributed by atoms with Gasteiger partial charge in [0.15, 0.2) is 11.6 Å². The van der Waals surface area contributed by atoms with Crippen molar-refractivity contribution >= 4 is 23.2 Å². The summed E-state index contributed by atoms with van der Waals surface area (Å²) >= 11 is 0. The molecule has 2 aromatic rings. The molecule has 0 aliphatic carbocycles. The van der Waals surface area contributed by atoms with Gasteiger partial charge in [0.2, 0.25) is 11.8 Å². The first-order chi connectivity index (χ1) is 13.8.